The summed E-state index contributed by atoms with van der Waals surface area (Å²) in [6, 6.07) is 70.5. The molecule has 0 bridgehead atoms. The van der Waals surface area contributed by atoms with Crippen LogP contribution in [0, 0.1) is 0 Å². The average Bonchev–Trinajstić information content (AvgIpc) is 3.52. The van der Waals surface area contributed by atoms with Crippen LogP contribution in [0.25, 0.3) is 70.9 Å². The lowest BCUT2D eigenvalue weighted by molar-refractivity contribution is 1.18. The van der Waals surface area contributed by atoms with E-state index in [1.807, 2.05) is 0 Å². The lowest BCUT2D eigenvalue weighted by Crippen LogP contribution is -2.10. The first-order chi connectivity index (χ1) is 24.8. The monoisotopic (exact) mass is 636 g/mol. The van der Waals surface area contributed by atoms with E-state index in [-0.39, 0.29) is 0 Å². The zero-order chi connectivity index (χ0) is 33.0. The summed E-state index contributed by atoms with van der Waals surface area (Å²) >= 11 is 0. The Morgan fingerprint density at radius 2 is 0.900 bits per heavy atom. The maximum Gasteiger partial charge on any atom is 0.0561 e. The van der Waals surface area contributed by atoms with Gasteiger partial charge >= 0.3 is 0 Å². The Balaban J connectivity index is 1.20. The molecular weight excluding hydrogens is 605 g/mol. The molecule has 0 N–H and O–H groups in total. The summed E-state index contributed by atoms with van der Waals surface area (Å²) in [7, 11) is 0. The molecule has 0 amide bonds. The highest BCUT2D eigenvalue weighted by molar-refractivity contribution is 6.20. The van der Waals surface area contributed by atoms with Crippen molar-refractivity contribution < 1.29 is 0 Å². The summed E-state index contributed by atoms with van der Waals surface area (Å²) in [6.07, 6.45) is 0. The molecule has 1 aromatic heterocycles. The van der Waals surface area contributed by atoms with E-state index in [4.69, 9.17) is 0 Å². The predicted molar refractivity (Wildman–Crippen MR) is 213 cm³/mol. The number of aromatic nitrogens is 1. The molecule has 0 atom stereocenters. The van der Waals surface area contributed by atoms with Gasteiger partial charge in [-0.2, -0.15) is 0 Å². The number of benzene rings is 9. The van der Waals surface area contributed by atoms with E-state index < -0.39 is 0 Å². The molecule has 0 saturated carbocycles. The second kappa shape index (κ2) is 11.5. The highest BCUT2D eigenvalue weighted by Crippen LogP contribution is 2.43. The molecule has 0 unspecified atom stereocenters. The second-order valence-electron chi connectivity index (χ2n) is 13.0. The third-order valence-corrected chi connectivity index (χ3v) is 10.2. The van der Waals surface area contributed by atoms with Gasteiger partial charge in [0.2, 0.25) is 0 Å². The topological polar surface area (TPSA) is 8.17 Å². The van der Waals surface area contributed by atoms with Crippen LogP contribution < -0.4 is 4.90 Å². The van der Waals surface area contributed by atoms with Crippen molar-refractivity contribution in [2.24, 2.45) is 0 Å². The quantitative estimate of drug-likeness (QED) is 0.171. The fourth-order valence-electron chi connectivity index (χ4n) is 7.85. The lowest BCUT2D eigenvalue weighted by atomic mass is 9.96. The molecule has 1 heterocycles. The van der Waals surface area contributed by atoms with Crippen LogP contribution in [0.3, 0.4) is 0 Å². The highest BCUT2D eigenvalue weighted by atomic mass is 15.1. The molecule has 9 aromatic carbocycles. The van der Waals surface area contributed by atoms with Crippen LogP contribution in [0.2, 0.25) is 0 Å². The van der Waals surface area contributed by atoms with E-state index in [0.717, 1.165) is 22.7 Å². The standard InChI is InChI=1S/C48H32N2/c1-3-12-33(13-4-1)34-22-25-37(26-23-34)50-47-20-10-9-18-43(47)45-29-27-38(32-48(45)50)49(36-15-5-2-6-16-36)46-21-11-19-40-42-28-24-35-14-7-8-17-39(35)41(42)30-31-44(40)46/h1-32H. The molecule has 10 rings (SSSR count). The third-order valence-electron chi connectivity index (χ3n) is 10.2. The SMILES string of the molecule is c1ccc(-c2ccc(-n3c4ccccc4c4ccc(N(c5ccccc5)c5cccc6c5ccc5c7ccccc7ccc65)cc43)cc2)cc1. The number of nitrogens with zero attached hydrogens (tertiary/aromatic N) is 2. The Hall–Kier alpha value is -6.64. The van der Waals surface area contributed by atoms with E-state index in [1.54, 1.807) is 0 Å². The maximum absolute atomic E-state index is 2.41. The molecule has 0 saturated heterocycles. The summed E-state index contributed by atoms with van der Waals surface area (Å²) in [5.41, 5.74) is 9.32. The summed E-state index contributed by atoms with van der Waals surface area (Å²) in [6.45, 7) is 0. The Labute approximate surface area is 290 Å². The van der Waals surface area contributed by atoms with Crippen LogP contribution in [0.1, 0.15) is 0 Å². The Morgan fingerprint density at radius 3 is 1.74 bits per heavy atom. The normalized spacial score (nSPS) is 11.6. The van der Waals surface area contributed by atoms with E-state index in [1.165, 1.54) is 65.3 Å². The van der Waals surface area contributed by atoms with E-state index in [0.29, 0.717) is 0 Å². The molecular formula is C48H32N2. The van der Waals surface area contributed by atoms with Crippen molar-refractivity contribution in [2.75, 3.05) is 4.90 Å². The fourth-order valence-corrected chi connectivity index (χ4v) is 7.85. The van der Waals surface area contributed by atoms with Crippen molar-refractivity contribution in [3.05, 3.63) is 194 Å². The van der Waals surface area contributed by atoms with Crippen molar-refractivity contribution >= 4 is 71.2 Å². The second-order valence-corrected chi connectivity index (χ2v) is 13.0. The Kier molecular flexibility index (Phi) is 6.53. The number of rotatable bonds is 5. The van der Waals surface area contributed by atoms with Gasteiger partial charge in [-0.3, -0.25) is 0 Å². The van der Waals surface area contributed by atoms with Crippen LogP contribution in [0.5, 0.6) is 0 Å². The summed E-state index contributed by atoms with van der Waals surface area (Å²) < 4.78 is 2.41. The molecule has 10 aromatic rings. The minimum atomic E-state index is 1.11. The van der Waals surface area contributed by atoms with Gasteiger partial charge in [0.1, 0.15) is 0 Å². The van der Waals surface area contributed by atoms with Crippen LogP contribution in [-0.2, 0) is 0 Å². The predicted octanol–water partition coefficient (Wildman–Crippen LogP) is 13.4. The van der Waals surface area contributed by atoms with Crippen LogP contribution >= 0.6 is 0 Å². The van der Waals surface area contributed by atoms with Gasteiger partial charge in [-0.05, 0) is 86.6 Å². The van der Waals surface area contributed by atoms with E-state index >= 15 is 0 Å². The minimum absolute atomic E-state index is 1.11. The molecule has 2 heteroatoms. The van der Waals surface area contributed by atoms with Gasteiger partial charge < -0.3 is 9.47 Å². The molecule has 0 radical (unpaired) electrons. The average molecular weight is 637 g/mol. The van der Waals surface area contributed by atoms with Crippen molar-refractivity contribution in [3.63, 3.8) is 0 Å². The number of hydrogen-bond acceptors (Lipinski definition) is 1. The van der Waals surface area contributed by atoms with Crippen molar-refractivity contribution in [1.29, 1.82) is 0 Å². The summed E-state index contributed by atoms with van der Waals surface area (Å²) in [5, 5.41) is 10.1. The molecule has 0 aliphatic rings. The number of hydrogen-bond donors (Lipinski definition) is 0. The first kappa shape index (κ1) is 28.4. The van der Waals surface area contributed by atoms with Crippen LogP contribution in [0.15, 0.2) is 194 Å². The van der Waals surface area contributed by atoms with E-state index in [2.05, 4.69) is 204 Å². The van der Waals surface area contributed by atoms with Gasteiger partial charge in [0.05, 0.1) is 16.7 Å². The third kappa shape index (κ3) is 4.50. The maximum atomic E-state index is 2.41. The lowest BCUT2D eigenvalue weighted by Gasteiger charge is -2.27. The first-order valence-corrected chi connectivity index (χ1v) is 17.2. The largest absolute Gasteiger partial charge is 0.310 e. The van der Waals surface area contributed by atoms with Gasteiger partial charge in [-0.25, -0.2) is 0 Å². The van der Waals surface area contributed by atoms with Crippen molar-refractivity contribution in [3.8, 4) is 16.8 Å². The summed E-state index contributed by atoms with van der Waals surface area (Å²) in [4.78, 5) is 2.41. The minimum Gasteiger partial charge on any atom is -0.310 e. The highest BCUT2D eigenvalue weighted by Gasteiger charge is 2.19. The zero-order valence-electron chi connectivity index (χ0n) is 27.4. The zero-order valence-corrected chi connectivity index (χ0v) is 27.4. The van der Waals surface area contributed by atoms with Crippen molar-refractivity contribution in [2.45, 2.75) is 0 Å². The smallest absolute Gasteiger partial charge is 0.0561 e. The van der Waals surface area contributed by atoms with Gasteiger partial charge in [-0.1, -0.05) is 146 Å². The van der Waals surface area contributed by atoms with E-state index in [9.17, 15) is 0 Å². The molecule has 50 heavy (non-hydrogen) atoms. The molecule has 0 aliphatic carbocycles. The van der Waals surface area contributed by atoms with Crippen molar-refractivity contribution in [1.82, 2.24) is 4.57 Å². The van der Waals surface area contributed by atoms with Crippen LogP contribution in [-0.4, -0.2) is 4.57 Å². The first-order valence-electron chi connectivity index (χ1n) is 17.2. The summed E-state index contributed by atoms with van der Waals surface area (Å²) in [5.74, 6) is 0. The van der Waals surface area contributed by atoms with Gasteiger partial charge in [0.25, 0.3) is 0 Å². The Morgan fingerprint density at radius 1 is 0.320 bits per heavy atom. The van der Waals surface area contributed by atoms with Gasteiger partial charge in [0.15, 0.2) is 0 Å². The molecule has 0 spiro atoms. The van der Waals surface area contributed by atoms with Crippen LogP contribution in [0.4, 0.5) is 17.1 Å². The van der Waals surface area contributed by atoms with Gasteiger partial charge in [-0.15, -0.1) is 0 Å². The number of anilines is 3. The van der Waals surface area contributed by atoms with Gasteiger partial charge in [0, 0.05) is 33.2 Å². The number of fused-ring (bicyclic) bond motifs is 8. The Bertz CT molecular complexity index is 2850. The molecule has 0 aliphatic heterocycles. The fraction of sp³-hybridized carbons (Fsp3) is 0. The number of para-hydroxylation sites is 2. The molecule has 0 fully saturated rings. The molecule has 2 nitrogen and oxygen atoms in total. The molecule has 234 valence electrons.